The fourth-order valence-electron chi connectivity index (χ4n) is 3.13. The highest BCUT2D eigenvalue weighted by molar-refractivity contribution is 5.89. The van der Waals surface area contributed by atoms with Gasteiger partial charge in [-0.3, -0.25) is 4.79 Å². The van der Waals surface area contributed by atoms with E-state index >= 15 is 0 Å². The van der Waals surface area contributed by atoms with Crippen molar-refractivity contribution in [2.45, 2.75) is 31.2 Å². The maximum absolute atomic E-state index is 14.5. The van der Waals surface area contributed by atoms with Crippen molar-refractivity contribution in [3.8, 4) is 0 Å². The monoisotopic (exact) mass is 345 g/mol. The van der Waals surface area contributed by atoms with Gasteiger partial charge in [0.05, 0.1) is 11.6 Å². The van der Waals surface area contributed by atoms with Crippen LogP contribution in [0.5, 0.6) is 0 Å². The van der Waals surface area contributed by atoms with Gasteiger partial charge in [-0.05, 0) is 42.5 Å². The molecule has 0 saturated carbocycles. The van der Waals surface area contributed by atoms with Gasteiger partial charge in [0, 0.05) is 5.56 Å². The lowest BCUT2D eigenvalue weighted by Crippen LogP contribution is -2.41. The van der Waals surface area contributed by atoms with E-state index in [-0.39, 0.29) is 5.56 Å². The molecule has 0 bridgehead atoms. The van der Waals surface area contributed by atoms with Crippen molar-refractivity contribution in [2.24, 2.45) is 0 Å². The van der Waals surface area contributed by atoms with E-state index in [4.69, 9.17) is 5.11 Å². The number of aryl methyl sites for hydroxylation is 1. The average Bonchev–Trinajstić information content (AvgIpc) is 2.62. The largest absolute Gasteiger partial charge is 0.478 e. The molecule has 0 aromatic heterocycles. The molecule has 3 rings (SSSR count). The first-order valence-corrected chi connectivity index (χ1v) is 8.00. The molecule has 1 aliphatic carbocycles. The van der Waals surface area contributed by atoms with Gasteiger partial charge in [-0.15, -0.1) is 0 Å². The van der Waals surface area contributed by atoms with Crippen molar-refractivity contribution in [3.63, 3.8) is 0 Å². The zero-order valence-electron chi connectivity index (χ0n) is 13.3. The number of carboxylic acids is 1. The Morgan fingerprint density at radius 1 is 1.12 bits per heavy atom. The van der Waals surface area contributed by atoms with Gasteiger partial charge in [-0.2, -0.15) is 8.78 Å². The fraction of sp³-hybridized carbons (Fsp3) is 0.263. The maximum atomic E-state index is 14.5. The van der Waals surface area contributed by atoms with E-state index in [2.05, 4.69) is 5.32 Å². The Morgan fingerprint density at radius 3 is 2.64 bits per heavy atom. The molecule has 0 heterocycles. The van der Waals surface area contributed by atoms with Crippen molar-refractivity contribution in [1.82, 2.24) is 5.32 Å². The minimum atomic E-state index is -3.81. The molecule has 2 N–H and O–H groups in total. The second-order valence-electron chi connectivity index (χ2n) is 6.08. The summed E-state index contributed by atoms with van der Waals surface area (Å²) in [6, 6.07) is 11.3. The second kappa shape index (κ2) is 6.63. The molecule has 25 heavy (non-hydrogen) atoms. The zero-order valence-corrected chi connectivity index (χ0v) is 13.3. The molecule has 4 nitrogen and oxygen atoms in total. The van der Waals surface area contributed by atoms with Crippen LogP contribution >= 0.6 is 0 Å². The summed E-state index contributed by atoms with van der Waals surface area (Å²) in [5.41, 5.74) is 0.995. The SMILES string of the molecule is O=C(O)c1cccc(C(F)(F)C(=O)NC2CCCc3ccccc32)c1. The third-order valence-corrected chi connectivity index (χ3v) is 4.43. The third-order valence-electron chi connectivity index (χ3n) is 4.43. The van der Waals surface area contributed by atoms with E-state index in [0.717, 1.165) is 36.1 Å². The number of hydrogen-bond acceptors (Lipinski definition) is 2. The van der Waals surface area contributed by atoms with Crippen LogP contribution < -0.4 is 5.32 Å². The lowest BCUT2D eigenvalue weighted by Gasteiger charge is -2.28. The molecule has 0 saturated heterocycles. The third kappa shape index (κ3) is 3.38. The molecular formula is C19H17F2NO3. The van der Waals surface area contributed by atoms with Gasteiger partial charge in [0.2, 0.25) is 0 Å². The molecule has 6 heteroatoms. The van der Waals surface area contributed by atoms with Gasteiger partial charge in [0.15, 0.2) is 0 Å². The van der Waals surface area contributed by atoms with Crippen LogP contribution in [0.1, 0.15) is 45.9 Å². The maximum Gasteiger partial charge on any atom is 0.349 e. The van der Waals surface area contributed by atoms with E-state index in [1.807, 2.05) is 24.3 Å². The van der Waals surface area contributed by atoms with Gasteiger partial charge in [-0.25, -0.2) is 4.79 Å². The number of carbonyl (C=O) groups excluding carboxylic acids is 1. The number of rotatable bonds is 4. The second-order valence-corrected chi connectivity index (χ2v) is 6.08. The summed E-state index contributed by atoms with van der Waals surface area (Å²) in [5, 5.41) is 11.4. The van der Waals surface area contributed by atoms with Crippen LogP contribution in [-0.2, 0) is 17.1 Å². The number of halogens is 2. The van der Waals surface area contributed by atoms with Crippen molar-refractivity contribution in [1.29, 1.82) is 0 Å². The van der Waals surface area contributed by atoms with Gasteiger partial charge in [0.25, 0.3) is 5.91 Å². The number of hydrogen-bond donors (Lipinski definition) is 2. The number of aromatic carboxylic acids is 1. The van der Waals surface area contributed by atoms with Crippen LogP contribution in [0.25, 0.3) is 0 Å². The normalized spacial score (nSPS) is 16.8. The molecule has 0 aliphatic heterocycles. The molecule has 1 aliphatic rings. The summed E-state index contributed by atoms with van der Waals surface area (Å²) in [7, 11) is 0. The summed E-state index contributed by atoms with van der Waals surface area (Å²) in [5.74, 6) is -6.55. The van der Waals surface area contributed by atoms with Gasteiger partial charge in [-0.1, -0.05) is 36.4 Å². The fourth-order valence-corrected chi connectivity index (χ4v) is 3.13. The van der Waals surface area contributed by atoms with Gasteiger partial charge < -0.3 is 10.4 Å². The molecule has 0 fully saturated rings. The minimum Gasteiger partial charge on any atom is -0.478 e. The summed E-state index contributed by atoms with van der Waals surface area (Å²) < 4.78 is 29.0. The molecule has 0 radical (unpaired) electrons. The van der Waals surface area contributed by atoms with Crippen molar-refractivity contribution >= 4 is 11.9 Å². The van der Waals surface area contributed by atoms with E-state index in [0.29, 0.717) is 6.42 Å². The Balaban J connectivity index is 1.83. The highest BCUT2D eigenvalue weighted by Crippen LogP contribution is 2.33. The Hall–Kier alpha value is -2.76. The predicted octanol–water partition coefficient (Wildman–Crippen LogP) is 3.67. The topological polar surface area (TPSA) is 66.4 Å². The van der Waals surface area contributed by atoms with Crippen LogP contribution in [0, 0.1) is 0 Å². The van der Waals surface area contributed by atoms with E-state index in [1.165, 1.54) is 12.1 Å². The van der Waals surface area contributed by atoms with Crippen LogP contribution in [0.3, 0.4) is 0 Å². The average molecular weight is 345 g/mol. The number of carboxylic acid groups (broad SMARTS) is 1. The van der Waals surface area contributed by atoms with E-state index < -0.39 is 29.4 Å². The van der Waals surface area contributed by atoms with Crippen molar-refractivity contribution in [2.75, 3.05) is 0 Å². The zero-order chi connectivity index (χ0) is 18.0. The molecule has 1 atom stereocenters. The lowest BCUT2D eigenvalue weighted by atomic mass is 9.87. The highest BCUT2D eigenvalue weighted by Gasteiger charge is 2.42. The number of alkyl halides is 2. The molecule has 2 aromatic rings. The Morgan fingerprint density at radius 2 is 1.88 bits per heavy atom. The molecule has 1 unspecified atom stereocenters. The number of carbonyl (C=O) groups is 2. The lowest BCUT2D eigenvalue weighted by molar-refractivity contribution is -0.148. The number of benzene rings is 2. The first kappa shape index (κ1) is 17.1. The summed E-state index contributed by atoms with van der Waals surface area (Å²) in [6.45, 7) is 0. The Labute approximate surface area is 143 Å². The van der Waals surface area contributed by atoms with Gasteiger partial charge >= 0.3 is 11.9 Å². The number of fused-ring (bicyclic) bond motifs is 1. The van der Waals surface area contributed by atoms with Crippen LogP contribution in [0.15, 0.2) is 48.5 Å². The van der Waals surface area contributed by atoms with Crippen LogP contribution in [0.4, 0.5) is 8.78 Å². The van der Waals surface area contributed by atoms with E-state index in [9.17, 15) is 18.4 Å². The van der Waals surface area contributed by atoms with Crippen molar-refractivity contribution < 1.29 is 23.5 Å². The highest BCUT2D eigenvalue weighted by atomic mass is 19.3. The molecule has 130 valence electrons. The summed E-state index contributed by atoms with van der Waals surface area (Å²) in [6.07, 6.45) is 2.26. The van der Waals surface area contributed by atoms with Crippen molar-refractivity contribution in [3.05, 3.63) is 70.8 Å². The summed E-state index contributed by atoms with van der Waals surface area (Å²) in [4.78, 5) is 23.2. The molecule has 1 amide bonds. The van der Waals surface area contributed by atoms with Crippen LogP contribution in [0.2, 0.25) is 0 Å². The predicted molar refractivity (Wildman–Crippen MR) is 87.6 cm³/mol. The van der Waals surface area contributed by atoms with E-state index in [1.54, 1.807) is 0 Å². The van der Waals surface area contributed by atoms with Crippen LogP contribution in [-0.4, -0.2) is 17.0 Å². The first-order chi connectivity index (χ1) is 11.9. The quantitative estimate of drug-likeness (QED) is 0.888. The number of amides is 1. The molecular weight excluding hydrogens is 328 g/mol. The summed E-state index contributed by atoms with van der Waals surface area (Å²) >= 11 is 0. The van der Waals surface area contributed by atoms with Gasteiger partial charge in [0.1, 0.15) is 0 Å². The minimum absolute atomic E-state index is 0.284. The Bertz CT molecular complexity index is 820. The first-order valence-electron chi connectivity index (χ1n) is 8.00. The standard InChI is InChI=1S/C19H17F2NO3/c20-19(21,14-8-3-7-13(11-14)17(23)24)18(25)22-16-10-4-6-12-5-1-2-9-15(12)16/h1-3,5,7-9,11,16H,4,6,10H2,(H,22,25)(H,23,24). The molecule has 2 aromatic carbocycles. The smallest absolute Gasteiger partial charge is 0.349 e. The molecule has 0 spiro atoms. The Kier molecular flexibility index (Phi) is 4.53. The number of nitrogens with one attached hydrogen (secondary N) is 1.